The Hall–Kier alpha value is -0.626. The van der Waals surface area contributed by atoms with Crippen LogP contribution < -0.4 is 0 Å². The van der Waals surface area contributed by atoms with Crippen LogP contribution in [0, 0.1) is 0 Å². The van der Waals surface area contributed by atoms with Crippen molar-refractivity contribution in [3.05, 3.63) is 29.8 Å². The summed E-state index contributed by atoms with van der Waals surface area (Å²) in [4.78, 5) is 10.4. The number of rotatable bonds is 7. The van der Waals surface area contributed by atoms with Gasteiger partial charge in [-0.05, 0) is 70.6 Å². The van der Waals surface area contributed by atoms with Gasteiger partial charge in [-0.15, -0.1) is 0 Å². The van der Waals surface area contributed by atoms with Gasteiger partial charge in [0.15, 0.2) is 8.32 Å². The standard InChI is InChI=1S/C16H30O3Si2/c1-16(2,21(5,6)18)19-20(3,4)13-9-11-14-10-7-8-12-15(14)17/h7-8,10,12,17-18H,9,11,13H2,1-6H3. The molecule has 120 valence electrons. The summed E-state index contributed by atoms with van der Waals surface area (Å²) in [5.74, 6) is 0.377. The van der Waals surface area contributed by atoms with Crippen LogP contribution in [0.3, 0.4) is 0 Å². The Kier molecular flexibility index (Phi) is 5.83. The topological polar surface area (TPSA) is 49.7 Å². The molecule has 5 heteroatoms. The first-order valence-corrected chi connectivity index (χ1v) is 13.7. The third-order valence-corrected chi connectivity index (χ3v) is 10.1. The predicted octanol–water partition coefficient (Wildman–Crippen LogP) is 4.06. The molecule has 0 fully saturated rings. The molecule has 0 heterocycles. The van der Waals surface area contributed by atoms with E-state index < -0.39 is 21.9 Å². The first-order chi connectivity index (χ1) is 9.45. The van der Waals surface area contributed by atoms with E-state index >= 15 is 0 Å². The van der Waals surface area contributed by atoms with Crippen LogP contribution in [-0.2, 0) is 10.8 Å². The maximum absolute atomic E-state index is 10.4. The molecule has 0 aliphatic heterocycles. The van der Waals surface area contributed by atoms with E-state index in [4.69, 9.17) is 4.43 Å². The molecule has 1 aromatic rings. The largest absolute Gasteiger partial charge is 0.508 e. The lowest BCUT2D eigenvalue weighted by molar-refractivity contribution is 0.153. The number of hydrogen-bond acceptors (Lipinski definition) is 3. The molecule has 21 heavy (non-hydrogen) atoms. The Morgan fingerprint density at radius 2 is 1.67 bits per heavy atom. The number of aryl methyl sites for hydroxylation is 1. The van der Waals surface area contributed by atoms with E-state index in [1.54, 1.807) is 6.07 Å². The van der Waals surface area contributed by atoms with E-state index in [2.05, 4.69) is 13.1 Å². The fourth-order valence-electron chi connectivity index (χ4n) is 2.29. The van der Waals surface area contributed by atoms with E-state index in [9.17, 15) is 9.90 Å². The van der Waals surface area contributed by atoms with Gasteiger partial charge in [-0.3, -0.25) is 0 Å². The minimum absolute atomic E-state index is 0.377. The van der Waals surface area contributed by atoms with E-state index in [1.807, 2.05) is 45.1 Å². The van der Waals surface area contributed by atoms with Crippen LogP contribution in [0.4, 0.5) is 0 Å². The Morgan fingerprint density at radius 1 is 1.10 bits per heavy atom. The van der Waals surface area contributed by atoms with Crippen molar-refractivity contribution in [2.45, 2.75) is 64.1 Å². The zero-order chi connectivity index (χ0) is 16.3. The molecule has 0 saturated heterocycles. The van der Waals surface area contributed by atoms with E-state index in [0.717, 1.165) is 24.4 Å². The SMILES string of the molecule is CC(C)(O[Si](C)(C)CCCc1ccccc1O)[Si](C)(C)O. The van der Waals surface area contributed by atoms with Crippen LogP contribution in [0.1, 0.15) is 25.8 Å². The summed E-state index contributed by atoms with van der Waals surface area (Å²) in [6.07, 6.45) is 1.87. The quantitative estimate of drug-likeness (QED) is 0.743. The first kappa shape index (κ1) is 18.4. The van der Waals surface area contributed by atoms with Crippen molar-refractivity contribution in [2.24, 2.45) is 0 Å². The Balaban J connectivity index is 2.56. The molecule has 1 rings (SSSR count). The zero-order valence-electron chi connectivity index (χ0n) is 14.2. The van der Waals surface area contributed by atoms with Crippen molar-refractivity contribution in [3.63, 3.8) is 0 Å². The third kappa shape index (κ3) is 5.58. The fourth-order valence-corrected chi connectivity index (χ4v) is 6.63. The Morgan fingerprint density at radius 3 is 2.19 bits per heavy atom. The molecule has 0 bridgehead atoms. The number of aromatic hydroxyl groups is 1. The molecule has 0 amide bonds. The van der Waals surface area contributed by atoms with Crippen LogP contribution in [-0.4, -0.2) is 31.8 Å². The molecule has 2 N–H and O–H groups in total. The van der Waals surface area contributed by atoms with Crippen molar-refractivity contribution >= 4 is 16.6 Å². The van der Waals surface area contributed by atoms with Crippen molar-refractivity contribution in [3.8, 4) is 5.75 Å². The van der Waals surface area contributed by atoms with Gasteiger partial charge < -0.3 is 14.3 Å². The number of phenolic OH excluding ortho intramolecular Hbond substituents is 1. The summed E-state index contributed by atoms with van der Waals surface area (Å²) < 4.78 is 6.35. The van der Waals surface area contributed by atoms with Crippen LogP contribution in [0.25, 0.3) is 0 Å². The predicted molar refractivity (Wildman–Crippen MR) is 93.6 cm³/mol. The second-order valence-corrected chi connectivity index (χ2v) is 16.0. The summed E-state index contributed by atoms with van der Waals surface area (Å²) in [5, 5.41) is 9.37. The van der Waals surface area contributed by atoms with E-state index in [-0.39, 0.29) is 0 Å². The molecule has 0 aliphatic carbocycles. The molecule has 1 aromatic carbocycles. The maximum atomic E-state index is 10.4. The molecule has 3 nitrogen and oxygen atoms in total. The minimum Gasteiger partial charge on any atom is -0.508 e. The third-order valence-electron chi connectivity index (χ3n) is 4.22. The molecule has 0 atom stereocenters. The van der Waals surface area contributed by atoms with Gasteiger partial charge in [-0.1, -0.05) is 18.2 Å². The van der Waals surface area contributed by atoms with Gasteiger partial charge in [0, 0.05) is 0 Å². The minimum atomic E-state index is -2.33. The maximum Gasteiger partial charge on any atom is 0.212 e. The van der Waals surface area contributed by atoms with Gasteiger partial charge in [-0.2, -0.15) is 0 Å². The summed E-state index contributed by atoms with van der Waals surface area (Å²) in [5.41, 5.74) is 0.999. The first-order valence-electron chi connectivity index (χ1n) is 7.64. The fraction of sp³-hybridized carbons (Fsp3) is 0.625. The van der Waals surface area contributed by atoms with E-state index in [1.165, 1.54) is 0 Å². The van der Waals surface area contributed by atoms with Crippen LogP contribution in [0.15, 0.2) is 24.3 Å². The molecule has 0 radical (unpaired) electrons. The smallest absolute Gasteiger partial charge is 0.212 e. The Bertz CT molecular complexity index is 465. The highest BCUT2D eigenvalue weighted by molar-refractivity contribution is 6.76. The number of para-hydroxylation sites is 1. The lowest BCUT2D eigenvalue weighted by Crippen LogP contribution is -2.57. The summed E-state index contributed by atoms with van der Waals surface area (Å²) in [7, 11) is -4.16. The van der Waals surface area contributed by atoms with Gasteiger partial charge in [0.05, 0.1) is 5.22 Å². The van der Waals surface area contributed by atoms with Crippen LogP contribution in [0.5, 0.6) is 5.75 Å². The average molecular weight is 327 g/mol. The lowest BCUT2D eigenvalue weighted by Gasteiger charge is -2.41. The average Bonchev–Trinajstić information content (AvgIpc) is 2.28. The van der Waals surface area contributed by atoms with Gasteiger partial charge in [0.1, 0.15) is 5.75 Å². The van der Waals surface area contributed by atoms with Gasteiger partial charge in [-0.25, -0.2) is 0 Å². The highest BCUT2D eigenvalue weighted by Gasteiger charge is 2.43. The second-order valence-electron chi connectivity index (χ2n) is 7.41. The number of hydrogen-bond donors (Lipinski definition) is 2. The monoisotopic (exact) mass is 326 g/mol. The van der Waals surface area contributed by atoms with Crippen LogP contribution in [0.2, 0.25) is 32.2 Å². The summed E-state index contributed by atoms with van der Waals surface area (Å²) in [6, 6.07) is 8.53. The van der Waals surface area contributed by atoms with Crippen molar-refractivity contribution in [2.75, 3.05) is 0 Å². The summed E-state index contributed by atoms with van der Waals surface area (Å²) in [6.45, 7) is 12.3. The second kappa shape index (κ2) is 6.64. The molecule has 0 saturated carbocycles. The lowest BCUT2D eigenvalue weighted by atomic mass is 10.1. The van der Waals surface area contributed by atoms with Crippen molar-refractivity contribution in [1.29, 1.82) is 0 Å². The van der Waals surface area contributed by atoms with Crippen molar-refractivity contribution < 1.29 is 14.3 Å². The zero-order valence-corrected chi connectivity index (χ0v) is 16.2. The number of phenols is 1. The van der Waals surface area contributed by atoms with Gasteiger partial charge >= 0.3 is 0 Å². The van der Waals surface area contributed by atoms with Crippen LogP contribution >= 0.6 is 0 Å². The molecule has 0 aromatic heterocycles. The molecule has 0 unspecified atom stereocenters. The van der Waals surface area contributed by atoms with Gasteiger partial charge in [0.2, 0.25) is 8.32 Å². The van der Waals surface area contributed by atoms with Gasteiger partial charge in [0.25, 0.3) is 0 Å². The molecule has 0 aliphatic rings. The molecular weight excluding hydrogens is 296 g/mol. The Labute approximate surface area is 131 Å². The van der Waals surface area contributed by atoms with E-state index in [0.29, 0.717) is 5.75 Å². The summed E-state index contributed by atoms with van der Waals surface area (Å²) >= 11 is 0. The normalized spacial score (nSPS) is 13.5. The number of benzene rings is 1. The molecule has 0 spiro atoms. The molecular formula is C16H30O3Si2. The van der Waals surface area contributed by atoms with Crippen molar-refractivity contribution in [1.82, 2.24) is 0 Å². The highest BCUT2D eigenvalue weighted by Crippen LogP contribution is 2.29. The highest BCUT2D eigenvalue weighted by atomic mass is 28.4.